The van der Waals surface area contributed by atoms with Gasteiger partial charge in [0.05, 0.1) is 19.1 Å². The van der Waals surface area contributed by atoms with Crippen LogP contribution in [-0.2, 0) is 26.2 Å². The fourth-order valence-corrected chi connectivity index (χ4v) is 5.44. The normalized spacial score (nSPS) is 28.8. The Morgan fingerprint density at radius 3 is 2.82 bits per heavy atom. The summed E-state index contributed by atoms with van der Waals surface area (Å²) in [5.41, 5.74) is 0.843. The lowest BCUT2D eigenvalue weighted by Gasteiger charge is -2.53. The molecule has 1 amide bonds. The summed E-state index contributed by atoms with van der Waals surface area (Å²) in [5, 5.41) is 0.951. The molecule has 1 fully saturated rings. The lowest BCUT2D eigenvalue weighted by Crippen LogP contribution is -2.67. The number of hydrogen-bond acceptors (Lipinski definition) is 3. The van der Waals surface area contributed by atoms with Gasteiger partial charge < -0.3 is 14.6 Å². The van der Waals surface area contributed by atoms with E-state index in [1.165, 1.54) is 18.1 Å². The van der Waals surface area contributed by atoms with Gasteiger partial charge in [-0.3, -0.25) is 9.59 Å². The number of rotatable bonds is 2. The molecule has 4 aliphatic rings. The number of carbonyl (C=O) groups is 2. The second-order valence-corrected chi connectivity index (χ2v) is 7.99. The number of methoxy groups -OCH3 is 1. The Balaban J connectivity index is 1.85. The number of hydrogen-bond donors (Lipinski definition) is 1. The maximum atomic E-state index is 14.6. The number of carbonyl (C=O) groups excluding carboxylic acids is 2. The van der Waals surface area contributed by atoms with Crippen molar-refractivity contribution in [3.05, 3.63) is 47.2 Å². The molecule has 0 radical (unpaired) electrons. The van der Waals surface area contributed by atoms with Crippen LogP contribution in [-0.4, -0.2) is 47.4 Å². The Hall–Kier alpha value is -2.70. The van der Waals surface area contributed by atoms with E-state index in [-0.39, 0.29) is 17.9 Å². The minimum absolute atomic E-state index is 0.138. The first-order chi connectivity index (χ1) is 13.3. The number of esters is 1. The molecule has 1 aromatic heterocycles. The molecule has 4 bridgehead atoms. The van der Waals surface area contributed by atoms with E-state index in [2.05, 4.69) is 4.98 Å². The van der Waals surface area contributed by atoms with Gasteiger partial charge in [-0.15, -0.1) is 0 Å². The number of para-hydroxylation sites is 1. The molecule has 146 valence electrons. The zero-order valence-corrected chi connectivity index (χ0v) is 15.6. The van der Waals surface area contributed by atoms with E-state index < -0.39 is 29.3 Å². The number of H-pyrrole nitrogens is 1. The van der Waals surface area contributed by atoms with Gasteiger partial charge in [-0.25, -0.2) is 8.78 Å². The number of nitrogens with zero attached hydrogens (tertiary/aromatic N) is 1. The third-order valence-electron chi connectivity index (χ3n) is 6.51. The number of nitrogens with one attached hydrogen (secondary N) is 1. The average Bonchev–Trinajstić information content (AvgIpc) is 2.99. The molecule has 1 N–H and O–H groups in total. The van der Waals surface area contributed by atoms with Gasteiger partial charge in [0.1, 0.15) is 5.41 Å². The Morgan fingerprint density at radius 2 is 2.11 bits per heavy atom. The Bertz CT molecular complexity index is 1050. The first kappa shape index (κ1) is 17.4. The lowest BCUT2D eigenvalue weighted by atomic mass is 9.60. The van der Waals surface area contributed by atoms with Crippen molar-refractivity contribution in [1.82, 2.24) is 9.88 Å². The molecule has 1 saturated heterocycles. The summed E-state index contributed by atoms with van der Waals surface area (Å²) in [6.07, 6.45) is 2.01. The molecule has 4 heterocycles. The van der Waals surface area contributed by atoms with Gasteiger partial charge in [-0.05, 0) is 24.5 Å². The van der Waals surface area contributed by atoms with Crippen molar-refractivity contribution in [3.63, 3.8) is 0 Å². The quantitative estimate of drug-likeness (QED) is 0.638. The highest BCUT2D eigenvalue weighted by Crippen LogP contribution is 2.55. The topological polar surface area (TPSA) is 62.4 Å². The standard InChI is InChI=1S/C21H20F2N2O3/c1-20(22,23)14-9-11-10-21(19(27)28-2)16-13(7-8-25(17(14)21)18(11)26)12-5-3-4-6-15(12)24-16/h3-6,9,11,17,24H,7-8,10H2,1-2H3. The molecule has 0 spiro atoms. The molecule has 3 unspecified atom stereocenters. The summed E-state index contributed by atoms with van der Waals surface area (Å²) in [6, 6.07) is 6.60. The number of piperidine rings is 1. The number of halogens is 2. The van der Waals surface area contributed by atoms with Crippen molar-refractivity contribution in [2.45, 2.75) is 37.1 Å². The summed E-state index contributed by atoms with van der Waals surface area (Å²) in [7, 11) is 1.27. The second kappa shape index (κ2) is 5.43. The monoisotopic (exact) mass is 386 g/mol. The Labute approximate surface area is 160 Å². The third-order valence-corrected chi connectivity index (χ3v) is 6.51. The summed E-state index contributed by atoms with van der Waals surface area (Å²) in [6.45, 7) is 1.12. The molecule has 1 aliphatic carbocycles. The highest BCUT2D eigenvalue weighted by Gasteiger charge is 2.65. The Morgan fingerprint density at radius 1 is 1.36 bits per heavy atom. The molecule has 6 rings (SSSR count). The smallest absolute Gasteiger partial charge is 0.320 e. The van der Waals surface area contributed by atoms with Crippen LogP contribution in [0, 0.1) is 5.92 Å². The second-order valence-electron chi connectivity index (χ2n) is 7.99. The van der Waals surface area contributed by atoms with Crippen LogP contribution >= 0.6 is 0 Å². The number of fused-ring (bicyclic) bond motifs is 3. The molecule has 7 heteroatoms. The first-order valence-corrected chi connectivity index (χ1v) is 9.38. The maximum Gasteiger partial charge on any atom is 0.320 e. The average molecular weight is 386 g/mol. The van der Waals surface area contributed by atoms with E-state index in [0.717, 1.165) is 23.4 Å². The van der Waals surface area contributed by atoms with Crippen molar-refractivity contribution in [1.29, 1.82) is 0 Å². The van der Waals surface area contributed by atoms with Crippen LogP contribution in [0.1, 0.15) is 24.6 Å². The van der Waals surface area contributed by atoms with Crippen LogP contribution in [0.3, 0.4) is 0 Å². The zero-order valence-electron chi connectivity index (χ0n) is 15.6. The number of alkyl halides is 2. The van der Waals surface area contributed by atoms with Crippen molar-refractivity contribution in [2.75, 3.05) is 13.7 Å². The van der Waals surface area contributed by atoms with Crippen LogP contribution in [0.2, 0.25) is 0 Å². The van der Waals surface area contributed by atoms with Crippen LogP contribution in [0.4, 0.5) is 8.78 Å². The number of ether oxygens (including phenoxy) is 1. The summed E-state index contributed by atoms with van der Waals surface area (Å²) in [5.74, 6) is -4.67. The van der Waals surface area contributed by atoms with Crippen molar-refractivity contribution < 1.29 is 23.1 Å². The Kier molecular flexibility index (Phi) is 3.37. The van der Waals surface area contributed by atoms with E-state index in [1.54, 1.807) is 0 Å². The van der Waals surface area contributed by atoms with Crippen molar-refractivity contribution >= 4 is 22.8 Å². The minimum Gasteiger partial charge on any atom is -0.468 e. The van der Waals surface area contributed by atoms with Gasteiger partial charge in [0.15, 0.2) is 0 Å². The van der Waals surface area contributed by atoms with Crippen LogP contribution in [0.15, 0.2) is 35.9 Å². The summed E-state index contributed by atoms with van der Waals surface area (Å²) < 4.78 is 34.3. The molecule has 5 nitrogen and oxygen atoms in total. The van der Waals surface area contributed by atoms with E-state index in [4.69, 9.17) is 4.74 Å². The maximum absolute atomic E-state index is 14.6. The van der Waals surface area contributed by atoms with Gasteiger partial charge >= 0.3 is 5.97 Å². The fraction of sp³-hybridized carbons (Fsp3) is 0.429. The van der Waals surface area contributed by atoms with Gasteiger partial charge in [-0.1, -0.05) is 24.3 Å². The fourth-order valence-electron chi connectivity index (χ4n) is 5.44. The number of aromatic nitrogens is 1. The number of amides is 1. The van der Waals surface area contributed by atoms with E-state index in [0.29, 0.717) is 18.7 Å². The van der Waals surface area contributed by atoms with Crippen LogP contribution < -0.4 is 0 Å². The van der Waals surface area contributed by atoms with Gasteiger partial charge in [0, 0.05) is 35.6 Å². The lowest BCUT2D eigenvalue weighted by molar-refractivity contribution is -0.161. The largest absolute Gasteiger partial charge is 0.468 e. The minimum atomic E-state index is -3.14. The van der Waals surface area contributed by atoms with E-state index >= 15 is 0 Å². The van der Waals surface area contributed by atoms with Gasteiger partial charge in [0.25, 0.3) is 5.92 Å². The molecule has 2 aromatic rings. The highest BCUT2D eigenvalue weighted by molar-refractivity contribution is 5.96. The molecular formula is C21H20F2N2O3. The van der Waals surface area contributed by atoms with Crippen molar-refractivity contribution in [2.24, 2.45) is 5.92 Å². The number of aromatic amines is 1. The highest BCUT2D eigenvalue weighted by atomic mass is 19.3. The van der Waals surface area contributed by atoms with Crippen molar-refractivity contribution in [3.8, 4) is 0 Å². The molecule has 28 heavy (non-hydrogen) atoms. The van der Waals surface area contributed by atoms with E-state index in [9.17, 15) is 18.4 Å². The zero-order chi connectivity index (χ0) is 19.8. The third kappa shape index (κ3) is 1.99. The molecular weight excluding hydrogens is 366 g/mol. The molecule has 3 atom stereocenters. The number of benzene rings is 1. The summed E-state index contributed by atoms with van der Waals surface area (Å²) >= 11 is 0. The molecule has 1 aromatic carbocycles. The SMILES string of the molecule is COC(=O)C12CC3C=C(C(C)(F)F)C1N(CCc1c2[nH]c2ccccc12)C3=O. The van der Waals surface area contributed by atoms with Crippen LogP contribution in [0.5, 0.6) is 0 Å². The molecule has 3 aliphatic heterocycles. The first-order valence-electron chi connectivity index (χ1n) is 9.38. The van der Waals surface area contributed by atoms with Gasteiger partial charge in [0.2, 0.25) is 5.91 Å². The van der Waals surface area contributed by atoms with Crippen LogP contribution in [0.25, 0.3) is 10.9 Å². The molecule has 0 saturated carbocycles. The predicted molar refractivity (Wildman–Crippen MR) is 98.0 cm³/mol. The summed E-state index contributed by atoms with van der Waals surface area (Å²) in [4.78, 5) is 30.9. The van der Waals surface area contributed by atoms with Gasteiger partial charge in [-0.2, -0.15) is 0 Å². The predicted octanol–water partition coefficient (Wildman–Crippen LogP) is 2.95. The van der Waals surface area contributed by atoms with E-state index in [1.807, 2.05) is 24.3 Å².